The number of phenols is 1. The van der Waals surface area contributed by atoms with E-state index in [4.69, 9.17) is 4.74 Å². The highest BCUT2D eigenvalue weighted by Gasteiger charge is 2.25. The summed E-state index contributed by atoms with van der Waals surface area (Å²) in [5.74, 6) is 0.401. The molecule has 0 spiro atoms. The molecule has 0 aromatic heterocycles. The lowest BCUT2D eigenvalue weighted by Gasteiger charge is -2.10. The Balaban J connectivity index is 2.19. The van der Waals surface area contributed by atoms with E-state index in [1.807, 2.05) is 6.92 Å². The van der Waals surface area contributed by atoms with E-state index in [1.54, 1.807) is 6.07 Å². The van der Waals surface area contributed by atoms with Gasteiger partial charge in [-0.25, -0.2) is 0 Å². The highest BCUT2D eigenvalue weighted by molar-refractivity contribution is 5.97. The molecule has 1 fully saturated rings. The molecule has 1 amide bonds. The molecule has 2 N–H and O–H groups in total. The van der Waals surface area contributed by atoms with Crippen molar-refractivity contribution >= 4 is 5.91 Å². The maximum atomic E-state index is 11.8. The molecule has 0 heterocycles. The molecule has 0 bridgehead atoms. The van der Waals surface area contributed by atoms with E-state index in [2.05, 4.69) is 5.32 Å². The average Bonchev–Trinajstić information content (AvgIpc) is 3.02. The number of hydrogen-bond acceptors (Lipinski definition) is 3. The van der Waals surface area contributed by atoms with Gasteiger partial charge in [0.15, 0.2) is 0 Å². The molecule has 2 rings (SSSR count). The Kier molecular flexibility index (Phi) is 2.99. The van der Waals surface area contributed by atoms with E-state index in [0.29, 0.717) is 24.0 Å². The summed E-state index contributed by atoms with van der Waals surface area (Å²) in [4.78, 5) is 11.8. The molecule has 1 aliphatic carbocycles. The normalized spacial score (nSPS) is 14.6. The van der Waals surface area contributed by atoms with Gasteiger partial charge < -0.3 is 15.2 Å². The van der Waals surface area contributed by atoms with Crippen molar-refractivity contribution in [2.75, 3.05) is 6.61 Å². The summed E-state index contributed by atoms with van der Waals surface area (Å²) in [6, 6.07) is 4.85. The number of rotatable bonds is 4. The molecule has 1 aromatic rings. The van der Waals surface area contributed by atoms with Gasteiger partial charge in [-0.3, -0.25) is 4.79 Å². The van der Waals surface area contributed by atoms with Crippen LogP contribution in [0.2, 0.25) is 0 Å². The van der Waals surface area contributed by atoms with Gasteiger partial charge >= 0.3 is 0 Å². The molecule has 1 aromatic carbocycles. The molecular formula is C12H15NO3. The molecule has 0 aliphatic heterocycles. The number of carbonyl (C=O) groups is 1. The summed E-state index contributed by atoms with van der Waals surface area (Å²) >= 11 is 0. The minimum atomic E-state index is -0.133. The van der Waals surface area contributed by atoms with Gasteiger partial charge in [-0.1, -0.05) is 0 Å². The number of benzene rings is 1. The first-order valence-corrected chi connectivity index (χ1v) is 5.47. The second kappa shape index (κ2) is 4.43. The second-order valence-electron chi connectivity index (χ2n) is 3.86. The van der Waals surface area contributed by atoms with Crippen LogP contribution < -0.4 is 10.1 Å². The monoisotopic (exact) mass is 221 g/mol. The highest BCUT2D eigenvalue weighted by atomic mass is 16.5. The van der Waals surface area contributed by atoms with Crippen LogP contribution in [0.25, 0.3) is 0 Å². The first kappa shape index (κ1) is 10.8. The molecule has 0 radical (unpaired) electrons. The maximum Gasteiger partial charge on any atom is 0.255 e. The van der Waals surface area contributed by atoms with Crippen LogP contribution in [-0.4, -0.2) is 23.7 Å². The van der Waals surface area contributed by atoms with Gasteiger partial charge in [-0.15, -0.1) is 0 Å². The van der Waals surface area contributed by atoms with Crippen molar-refractivity contribution in [3.63, 3.8) is 0 Å². The summed E-state index contributed by atoms with van der Waals surface area (Å²) < 4.78 is 5.32. The summed E-state index contributed by atoms with van der Waals surface area (Å²) in [6.07, 6.45) is 2.10. The summed E-state index contributed by atoms with van der Waals surface area (Å²) in [5, 5.41) is 12.2. The lowest BCUT2D eigenvalue weighted by atomic mass is 10.1. The van der Waals surface area contributed by atoms with Crippen molar-refractivity contribution < 1.29 is 14.6 Å². The number of amides is 1. The Hall–Kier alpha value is -1.71. The summed E-state index contributed by atoms with van der Waals surface area (Å²) in [7, 11) is 0. The predicted octanol–water partition coefficient (Wildman–Crippen LogP) is 1.68. The third kappa shape index (κ3) is 2.45. The quantitative estimate of drug-likeness (QED) is 0.813. The fourth-order valence-corrected chi connectivity index (χ4v) is 1.46. The molecule has 4 nitrogen and oxygen atoms in total. The van der Waals surface area contributed by atoms with Crippen molar-refractivity contribution in [1.82, 2.24) is 5.32 Å². The van der Waals surface area contributed by atoms with Crippen LogP contribution in [0.5, 0.6) is 11.5 Å². The minimum absolute atomic E-state index is 0.103. The first-order chi connectivity index (χ1) is 7.70. The average molecular weight is 221 g/mol. The van der Waals surface area contributed by atoms with Crippen molar-refractivity contribution in [3.8, 4) is 11.5 Å². The zero-order chi connectivity index (χ0) is 11.5. The second-order valence-corrected chi connectivity index (χ2v) is 3.86. The molecule has 1 saturated carbocycles. The van der Waals surface area contributed by atoms with Crippen LogP contribution in [0.4, 0.5) is 0 Å². The zero-order valence-corrected chi connectivity index (χ0v) is 9.19. The number of carbonyl (C=O) groups excluding carboxylic acids is 1. The number of ether oxygens (including phenoxy) is 1. The molecule has 1 aliphatic rings. The third-order valence-electron chi connectivity index (χ3n) is 2.42. The number of hydrogen-bond donors (Lipinski definition) is 2. The molecule has 0 saturated heterocycles. The largest absolute Gasteiger partial charge is 0.508 e. The van der Waals surface area contributed by atoms with Gasteiger partial charge in [0.25, 0.3) is 5.91 Å². The third-order valence-corrected chi connectivity index (χ3v) is 2.42. The topological polar surface area (TPSA) is 58.6 Å². The molecule has 0 unspecified atom stereocenters. The molecule has 4 heteroatoms. The van der Waals surface area contributed by atoms with Crippen LogP contribution in [0, 0.1) is 0 Å². The smallest absolute Gasteiger partial charge is 0.255 e. The molecule has 16 heavy (non-hydrogen) atoms. The van der Waals surface area contributed by atoms with Crippen molar-refractivity contribution in [3.05, 3.63) is 23.8 Å². The van der Waals surface area contributed by atoms with E-state index in [-0.39, 0.29) is 11.7 Å². The van der Waals surface area contributed by atoms with Gasteiger partial charge in [0.05, 0.1) is 12.2 Å². The number of phenolic OH excluding ortho intramolecular Hbond substituents is 1. The van der Waals surface area contributed by atoms with Crippen molar-refractivity contribution in [1.29, 1.82) is 0 Å². The van der Waals surface area contributed by atoms with Gasteiger partial charge in [-0.2, -0.15) is 0 Å². The van der Waals surface area contributed by atoms with Gasteiger partial charge in [0.1, 0.15) is 11.5 Å². The Morgan fingerprint density at radius 2 is 2.31 bits per heavy atom. The van der Waals surface area contributed by atoms with E-state index in [9.17, 15) is 9.90 Å². The van der Waals surface area contributed by atoms with Crippen LogP contribution in [0.3, 0.4) is 0 Å². The predicted molar refractivity (Wildman–Crippen MR) is 59.8 cm³/mol. The molecule has 86 valence electrons. The fourth-order valence-electron chi connectivity index (χ4n) is 1.46. The first-order valence-electron chi connectivity index (χ1n) is 5.47. The number of nitrogens with one attached hydrogen (secondary N) is 1. The summed E-state index contributed by atoms with van der Waals surface area (Å²) in [6.45, 7) is 2.31. The van der Waals surface area contributed by atoms with Crippen LogP contribution in [0.1, 0.15) is 30.1 Å². The Morgan fingerprint density at radius 3 is 2.94 bits per heavy atom. The maximum absolute atomic E-state index is 11.8. The van der Waals surface area contributed by atoms with Gasteiger partial charge in [0.2, 0.25) is 0 Å². The molecular weight excluding hydrogens is 206 g/mol. The van der Waals surface area contributed by atoms with E-state index in [1.165, 1.54) is 12.1 Å². The SMILES string of the molecule is CCOc1cc(O)ccc1C(=O)NC1CC1. The van der Waals surface area contributed by atoms with Crippen LogP contribution >= 0.6 is 0 Å². The highest BCUT2D eigenvalue weighted by Crippen LogP contribution is 2.26. The number of aromatic hydroxyl groups is 1. The van der Waals surface area contributed by atoms with E-state index in [0.717, 1.165) is 12.8 Å². The Labute approximate surface area is 94.2 Å². The minimum Gasteiger partial charge on any atom is -0.508 e. The summed E-state index contributed by atoms with van der Waals surface area (Å²) in [5.41, 5.74) is 0.478. The lowest BCUT2D eigenvalue weighted by molar-refractivity contribution is 0.0947. The fraction of sp³-hybridized carbons (Fsp3) is 0.417. The Morgan fingerprint density at radius 1 is 1.56 bits per heavy atom. The van der Waals surface area contributed by atoms with Gasteiger partial charge in [0, 0.05) is 12.1 Å². The van der Waals surface area contributed by atoms with E-state index < -0.39 is 0 Å². The van der Waals surface area contributed by atoms with E-state index >= 15 is 0 Å². The van der Waals surface area contributed by atoms with Crippen molar-refractivity contribution in [2.24, 2.45) is 0 Å². The zero-order valence-electron chi connectivity index (χ0n) is 9.19. The standard InChI is InChI=1S/C12H15NO3/c1-2-16-11-7-9(14)5-6-10(11)12(15)13-8-3-4-8/h5-8,14H,2-4H2,1H3,(H,13,15). The Bertz CT molecular complexity index is 399. The molecule has 0 atom stereocenters. The van der Waals surface area contributed by atoms with Crippen LogP contribution in [-0.2, 0) is 0 Å². The van der Waals surface area contributed by atoms with Crippen molar-refractivity contribution in [2.45, 2.75) is 25.8 Å². The lowest BCUT2D eigenvalue weighted by Crippen LogP contribution is -2.25. The van der Waals surface area contributed by atoms with Gasteiger partial charge in [-0.05, 0) is 31.9 Å². The van der Waals surface area contributed by atoms with Crippen LogP contribution in [0.15, 0.2) is 18.2 Å².